The van der Waals surface area contributed by atoms with Crippen LogP contribution >= 0.6 is 11.8 Å². The summed E-state index contributed by atoms with van der Waals surface area (Å²) < 4.78 is 38.7. The monoisotopic (exact) mass is 511 g/mol. The standard InChI is InChI=1S/C26H25NO6S2/c1-3-25(28)32-26-21(15-16-31-22-11-13-23(14-12-22)33-35(2,29)30)5-4-6-24(26)34-18-20-9-7-19(17-27)8-10-20/h4-14H,3,15-16,18H2,1-2H3. The molecule has 0 saturated heterocycles. The molecule has 3 aromatic carbocycles. The first-order valence-corrected chi connectivity index (χ1v) is 13.6. The van der Waals surface area contributed by atoms with Crippen molar-refractivity contribution < 1.29 is 26.9 Å². The molecular formula is C26H25NO6S2. The van der Waals surface area contributed by atoms with Gasteiger partial charge in [0.2, 0.25) is 0 Å². The van der Waals surface area contributed by atoms with Crippen LogP contribution in [0.15, 0.2) is 71.6 Å². The van der Waals surface area contributed by atoms with Crippen LogP contribution in [-0.4, -0.2) is 27.2 Å². The van der Waals surface area contributed by atoms with Crippen molar-refractivity contribution in [3.63, 3.8) is 0 Å². The maximum absolute atomic E-state index is 12.1. The number of rotatable bonds is 11. The Kier molecular flexibility index (Phi) is 9.18. The van der Waals surface area contributed by atoms with Crippen molar-refractivity contribution in [3.8, 4) is 23.3 Å². The minimum Gasteiger partial charge on any atom is -0.493 e. The first-order valence-electron chi connectivity index (χ1n) is 10.8. The fraction of sp³-hybridized carbons (Fsp3) is 0.231. The molecule has 0 amide bonds. The summed E-state index contributed by atoms with van der Waals surface area (Å²) in [6, 6.07) is 21.5. The van der Waals surface area contributed by atoms with Crippen molar-refractivity contribution in [3.05, 3.63) is 83.4 Å². The molecule has 0 aliphatic rings. The minimum absolute atomic E-state index is 0.209. The molecule has 7 nitrogen and oxygen atoms in total. The molecule has 35 heavy (non-hydrogen) atoms. The Balaban J connectivity index is 1.68. The largest absolute Gasteiger partial charge is 0.493 e. The average molecular weight is 512 g/mol. The zero-order chi connectivity index (χ0) is 25.3. The van der Waals surface area contributed by atoms with E-state index >= 15 is 0 Å². The van der Waals surface area contributed by atoms with Crippen LogP contribution in [0.25, 0.3) is 0 Å². The lowest BCUT2D eigenvalue weighted by Gasteiger charge is -2.15. The summed E-state index contributed by atoms with van der Waals surface area (Å²) in [5.74, 6) is 1.63. The highest BCUT2D eigenvalue weighted by molar-refractivity contribution is 7.98. The first-order chi connectivity index (χ1) is 16.8. The number of thioether (sulfide) groups is 1. The molecule has 0 radical (unpaired) electrons. The smallest absolute Gasteiger partial charge is 0.310 e. The average Bonchev–Trinajstić information content (AvgIpc) is 2.84. The van der Waals surface area contributed by atoms with E-state index in [1.54, 1.807) is 43.0 Å². The predicted octanol–water partition coefficient (Wildman–Crippen LogP) is 5.13. The van der Waals surface area contributed by atoms with E-state index in [0.717, 1.165) is 22.3 Å². The summed E-state index contributed by atoms with van der Waals surface area (Å²) in [4.78, 5) is 13.0. The number of nitrogens with zero attached hydrogens (tertiary/aromatic N) is 1. The van der Waals surface area contributed by atoms with E-state index in [2.05, 4.69) is 6.07 Å². The molecule has 0 heterocycles. The number of nitriles is 1. The third-order valence-corrected chi connectivity index (χ3v) is 6.36. The van der Waals surface area contributed by atoms with Gasteiger partial charge in [0.25, 0.3) is 0 Å². The van der Waals surface area contributed by atoms with Crippen LogP contribution < -0.4 is 13.7 Å². The predicted molar refractivity (Wildman–Crippen MR) is 134 cm³/mol. The van der Waals surface area contributed by atoms with Gasteiger partial charge in [-0.05, 0) is 53.6 Å². The maximum atomic E-state index is 12.1. The summed E-state index contributed by atoms with van der Waals surface area (Å²) in [5.41, 5.74) is 2.50. The van der Waals surface area contributed by atoms with Crippen LogP contribution in [0.5, 0.6) is 17.2 Å². The molecule has 9 heteroatoms. The van der Waals surface area contributed by atoms with Gasteiger partial charge in [-0.15, -0.1) is 11.8 Å². The van der Waals surface area contributed by atoms with E-state index < -0.39 is 10.1 Å². The molecule has 3 aromatic rings. The van der Waals surface area contributed by atoms with E-state index in [4.69, 9.17) is 18.9 Å². The highest BCUT2D eigenvalue weighted by atomic mass is 32.2. The molecule has 0 aliphatic heterocycles. The van der Waals surface area contributed by atoms with Gasteiger partial charge in [-0.3, -0.25) is 4.79 Å². The normalized spacial score (nSPS) is 10.9. The SMILES string of the molecule is CCC(=O)Oc1c(CCOc2ccc(OS(C)(=O)=O)cc2)cccc1SCc1ccc(C#N)cc1. The molecule has 0 aromatic heterocycles. The van der Waals surface area contributed by atoms with Gasteiger partial charge in [0, 0.05) is 18.6 Å². The number of carbonyl (C=O) groups excluding carboxylic acids is 1. The Morgan fingerprint density at radius 3 is 2.31 bits per heavy atom. The maximum Gasteiger partial charge on any atom is 0.310 e. The summed E-state index contributed by atoms with van der Waals surface area (Å²) in [6.45, 7) is 2.07. The van der Waals surface area contributed by atoms with Gasteiger partial charge in [-0.1, -0.05) is 31.2 Å². The van der Waals surface area contributed by atoms with Crippen LogP contribution in [0.4, 0.5) is 0 Å². The Bertz CT molecular complexity index is 1300. The van der Waals surface area contributed by atoms with Crippen LogP contribution in [0, 0.1) is 11.3 Å². The van der Waals surface area contributed by atoms with E-state index in [-0.39, 0.29) is 18.1 Å². The minimum atomic E-state index is -3.59. The van der Waals surface area contributed by atoms with Crippen LogP contribution in [0.2, 0.25) is 0 Å². The zero-order valence-corrected chi connectivity index (χ0v) is 21.0. The lowest BCUT2D eigenvalue weighted by atomic mass is 10.1. The van der Waals surface area contributed by atoms with Gasteiger partial charge in [-0.25, -0.2) is 0 Å². The van der Waals surface area contributed by atoms with Gasteiger partial charge >= 0.3 is 16.1 Å². The Morgan fingerprint density at radius 2 is 1.69 bits per heavy atom. The van der Waals surface area contributed by atoms with Crippen LogP contribution in [0.3, 0.4) is 0 Å². The molecular weight excluding hydrogens is 486 g/mol. The second-order valence-electron chi connectivity index (χ2n) is 7.53. The lowest BCUT2D eigenvalue weighted by molar-refractivity contribution is -0.134. The first kappa shape index (κ1) is 26.1. The van der Waals surface area contributed by atoms with Crippen molar-refractivity contribution in [2.24, 2.45) is 0 Å². The van der Waals surface area contributed by atoms with E-state index in [9.17, 15) is 13.2 Å². The summed E-state index contributed by atoms with van der Waals surface area (Å²) >= 11 is 1.55. The van der Waals surface area contributed by atoms with Gasteiger partial charge in [-0.2, -0.15) is 13.7 Å². The topological polar surface area (TPSA) is 103 Å². The van der Waals surface area contributed by atoms with Crippen molar-refractivity contribution in [1.29, 1.82) is 5.26 Å². The number of benzene rings is 3. The Morgan fingerprint density at radius 1 is 1.00 bits per heavy atom. The van der Waals surface area contributed by atoms with E-state index in [0.29, 0.717) is 35.8 Å². The number of carbonyl (C=O) groups is 1. The molecule has 0 aliphatic carbocycles. The summed E-state index contributed by atoms with van der Waals surface area (Å²) in [6.07, 6.45) is 1.74. The van der Waals surface area contributed by atoms with Crippen molar-refractivity contribution in [2.45, 2.75) is 30.4 Å². The van der Waals surface area contributed by atoms with Gasteiger partial charge in [0.1, 0.15) is 17.2 Å². The number of para-hydroxylation sites is 1. The fourth-order valence-electron chi connectivity index (χ4n) is 3.06. The Labute approximate surface area is 209 Å². The number of ether oxygens (including phenoxy) is 2. The fourth-order valence-corrected chi connectivity index (χ4v) is 4.51. The molecule has 0 fully saturated rings. The molecule has 0 atom stereocenters. The molecule has 0 spiro atoms. The molecule has 3 rings (SSSR count). The third kappa shape index (κ3) is 8.35. The van der Waals surface area contributed by atoms with Gasteiger partial charge in [0.15, 0.2) is 0 Å². The molecule has 0 unspecified atom stereocenters. The lowest BCUT2D eigenvalue weighted by Crippen LogP contribution is -2.10. The second kappa shape index (κ2) is 12.3. The highest BCUT2D eigenvalue weighted by Crippen LogP contribution is 2.35. The molecule has 0 bridgehead atoms. The van der Waals surface area contributed by atoms with Crippen LogP contribution in [-0.2, 0) is 27.1 Å². The molecule has 182 valence electrons. The summed E-state index contributed by atoms with van der Waals surface area (Å²) in [5, 5.41) is 8.97. The number of hydrogen-bond donors (Lipinski definition) is 0. The number of hydrogen-bond acceptors (Lipinski definition) is 8. The highest BCUT2D eigenvalue weighted by Gasteiger charge is 2.14. The van der Waals surface area contributed by atoms with E-state index in [1.807, 2.05) is 30.3 Å². The number of esters is 1. The second-order valence-corrected chi connectivity index (χ2v) is 10.1. The third-order valence-electron chi connectivity index (χ3n) is 4.75. The van der Waals surface area contributed by atoms with Crippen LogP contribution in [0.1, 0.15) is 30.0 Å². The van der Waals surface area contributed by atoms with Crippen molar-refractivity contribution in [1.82, 2.24) is 0 Å². The van der Waals surface area contributed by atoms with E-state index in [1.165, 1.54) is 12.1 Å². The molecule has 0 saturated carbocycles. The molecule has 0 N–H and O–H groups in total. The van der Waals surface area contributed by atoms with Crippen molar-refractivity contribution in [2.75, 3.05) is 12.9 Å². The summed E-state index contributed by atoms with van der Waals surface area (Å²) in [7, 11) is -3.59. The van der Waals surface area contributed by atoms with Gasteiger partial charge in [0.05, 0.1) is 29.4 Å². The van der Waals surface area contributed by atoms with Crippen molar-refractivity contribution >= 4 is 27.8 Å². The zero-order valence-electron chi connectivity index (χ0n) is 19.4. The Hall–Kier alpha value is -3.48. The quantitative estimate of drug-likeness (QED) is 0.151. The van der Waals surface area contributed by atoms with Gasteiger partial charge < -0.3 is 13.7 Å².